The summed E-state index contributed by atoms with van der Waals surface area (Å²) in [4.78, 5) is 17.3. The first kappa shape index (κ1) is 22.4. The minimum atomic E-state index is -0.0622. The fourth-order valence-electron chi connectivity index (χ4n) is 4.13. The molecule has 1 saturated heterocycles. The highest BCUT2D eigenvalue weighted by molar-refractivity contribution is 5.94. The van der Waals surface area contributed by atoms with Crippen LogP contribution in [-0.2, 0) is 7.05 Å². The third-order valence-corrected chi connectivity index (χ3v) is 6.05. The molecule has 180 valence electrons. The number of carbonyl (C=O) groups is 1. The largest absolute Gasteiger partial charge is 0.497 e. The lowest BCUT2D eigenvalue weighted by Crippen LogP contribution is -2.49. The normalized spacial score (nSPS) is 13.7. The van der Waals surface area contributed by atoms with Gasteiger partial charge in [0.15, 0.2) is 11.6 Å². The highest BCUT2D eigenvalue weighted by atomic mass is 16.5. The molecule has 4 heterocycles. The van der Waals surface area contributed by atoms with Gasteiger partial charge in [0.1, 0.15) is 17.2 Å². The summed E-state index contributed by atoms with van der Waals surface area (Å²) in [5.74, 6) is 2.73. The number of nitrogens with zero attached hydrogens (tertiary/aromatic N) is 8. The van der Waals surface area contributed by atoms with Crippen LogP contribution in [0.15, 0.2) is 54.9 Å². The summed E-state index contributed by atoms with van der Waals surface area (Å²) in [7, 11) is 4.99. The Bertz CT molecular complexity index is 1310. The van der Waals surface area contributed by atoms with Crippen molar-refractivity contribution in [1.82, 2.24) is 34.7 Å². The Balaban J connectivity index is 1.27. The predicted molar refractivity (Wildman–Crippen MR) is 129 cm³/mol. The van der Waals surface area contributed by atoms with Gasteiger partial charge in [0.25, 0.3) is 5.91 Å². The number of benzene rings is 1. The van der Waals surface area contributed by atoms with Crippen molar-refractivity contribution in [2.24, 2.45) is 7.05 Å². The Morgan fingerprint density at radius 1 is 0.943 bits per heavy atom. The van der Waals surface area contributed by atoms with Crippen LogP contribution >= 0.6 is 0 Å². The molecule has 0 aliphatic carbocycles. The highest BCUT2D eigenvalue weighted by Crippen LogP contribution is 2.33. The molecule has 0 N–H and O–H groups in total. The average Bonchev–Trinajstić information content (AvgIpc) is 3.58. The van der Waals surface area contributed by atoms with Crippen molar-refractivity contribution < 1.29 is 14.3 Å². The van der Waals surface area contributed by atoms with E-state index in [0.717, 1.165) is 11.4 Å². The molecule has 5 rings (SSSR count). The number of aryl methyl sites for hydroxylation is 1. The summed E-state index contributed by atoms with van der Waals surface area (Å²) in [6.07, 6.45) is 3.52. The van der Waals surface area contributed by atoms with Crippen LogP contribution < -0.4 is 14.4 Å². The van der Waals surface area contributed by atoms with Crippen molar-refractivity contribution in [3.05, 3.63) is 60.6 Å². The van der Waals surface area contributed by atoms with Gasteiger partial charge < -0.3 is 19.3 Å². The van der Waals surface area contributed by atoms with E-state index in [1.165, 1.54) is 0 Å². The number of anilines is 1. The zero-order valence-corrected chi connectivity index (χ0v) is 19.8. The Morgan fingerprint density at radius 3 is 2.37 bits per heavy atom. The molecule has 1 aliphatic rings. The average molecular weight is 475 g/mol. The van der Waals surface area contributed by atoms with Gasteiger partial charge in [0.05, 0.1) is 19.9 Å². The lowest BCUT2D eigenvalue weighted by atomic mass is 10.1. The van der Waals surface area contributed by atoms with Gasteiger partial charge in [-0.1, -0.05) is 0 Å². The lowest BCUT2D eigenvalue weighted by Gasteiger charge is -2.35. The van der Waals surface area contributed by atoms with Crippen molar-refractivity contribution in [3.8, 4) is 28.6 Å². The number of aromatic nitrogens is 6. The minimum Gasteiger partial charge on any atom is -0.497 e. The second kappa shape index (κ2) is 9.45. The Hall–Kier alpha value is -4.41. The number of carbonyl (C=O) groups excluding carboxylic acids is 1. The maximum Gasteiger partial charge on any atom is 0.272 e. The van der Waals surface area contributed by atoms with E-state index >= 15 is 0 Å². The summed E-state index contributed by atoms with van der Waals surface area (Å²) in [5.41, 5.74) is 1.93. The van der Waals surface area contributed by atoms with Crippen LogP contribution in [-0.4, -0.2) is 81.0 Å². The molecule has 0 spiro atoms. The number of methoxy groups -OCH3 is 2. The molecule has 1 aromatic carbocycles. The van der Waals surface area contributed by atoms with E-state index < -0.39 is 0 Å². The Kier molecular flexibility index (Phi) is 6.04. The van der Waals surface area contributed by atoms with Gasteiger partial charge in [-0.15, -0.1) is 10.2 Å². The van der Waals surface area contributed by atoms with E-state index in [2.05, 4.69) is 25.3 Å². The Morgan fingerprint density at radius 2 is 1.71 bits per heavy atom. The standard InChI is InChI=1S/C24H26N8O3/c1-29-20(16-19(28-29)18-15-17(34-2)5-6-21(18)35-3)24(33)31-13-11-30(12-14-31)22-7-8-23(27-26-22)32-10-4-9-25-32/h4-10,15-16H,11-14H2,1-3H3. The van der Waals surface area contributed by atoms with Gasteiger partial charge in [-0.3, -0.25) is 9.48 Å². The van der Waals surface area contributed by atoms with E-state index in [0.29, 0.717) is 54.9 Å². The summed E-state index contributed by atoms with van der Waals surface area (Å²) in [6.45, 7) is 2.47. The summed E-state index contributed by atoms with van der Waals surface area (Å²) in [6, 6.07) is 13.0. The van der Waals surface area contributed by atoms with Gasteiger partial charge in [-0.25, -0.2) is 4.68 Å². The number of rotatable bonds is 6. The van der Waals surface area contributed by atoms with E-state index in [9.17, 15) is 4.79 Å². The van der Waals surface area contributed by atoms with Crippen molar-refractivity contribution >= 4 is 11.7 Å². The van der Waals surface area contributed by atoms with Crippen molar-refractivity contribution in [2.75, 3.05) is 45.3 Å². The van der Waals surface area contributed by atoms with Gasteiger partial charge in [-0.2, -0.15) is 10.2 Å². The van der Waals surface area contributed by atoms with Crippen LogP contribution in [0.5, 0.6) is 11.5 Å². The van der Waals surface area contributed by atoms with E-state index in [-0.39, 0.29) is 5.91 Å². The molecule has 3 aromatic heterocycles. The minimum absolute atomic E-state index is 0.0622. The number of ether oxygens (including phenoxy) is 2. The first-order chi connectivity index (χ1) is 17.1. The van der Waals surface area contributed by atoms with E-state index in [1.807, 2.05) is 47.5 Å². The van der Waals surface area contributed by atoms with Gasteiger partial charge in [0.2, 0.25) is 0 Å². The van der Waals surface area contributed by atoms with E-state index in [4.69, 9.17) is 9.47 Å². The van der Waals surface area contributed by atoms with Crippen LogP contribution in [0.3, 0.4) is 0 Å². The molecule has 0 unspecified atom stereocenters. The molecule has 1 fully saturated rings. The van der Waals surface area contributed by atoms with Crippen molar-refractivity contribution in [1.29, 1.82) is 0 Å². The highest BCUT2D eigenvalue weighted by Gasteiger charge is 2.26. The van der Waals surface area contributed by atoms with E-state index in [1.54, 1.807) is 42.9 Å². The SMILES string of the molecule is COc1ccc(OC)c(-c2cc(C(=O)N3CCN(c4ccc(-n5cccn5)nn4)CC3)n(C)n2)c1. The quantitative estimate of drug-likeness (QED) is 0.418. The maximum atomic E-state index is 13.3. The fourth-order valence-corrected chi connectivity index (χ4v) is 4.13. The number of hydrogen-bond donors (Lipinski definition) is 0. The monoisotopic (exact) mass is 474 g/mol. The molecule has 1 amide bonds. The lowest BCUT2D eigenvalue weighted by molar-refractivity contribution is 0.0735. The number of piperazine rings is 1. The summed E-state index contributed by atoms with van der Waals surface area (Å²) in [5, 5.41) is 17.3. The molecular weight excluding hydrogens is 448 g/mol. The summed E-state index contributed by atoms with van der Waals surface area (Å²) >= 11 is 0. The fraction of sp³-hybridized carbons (Fsp3) is 0.292. The smallest absolute Gasteiger partial charge is 0.272 e. The molecule has 11 nitrogen and oxygen atoms in total. The zero-order valence-electron chi connectivity index (χ0n) is 19.8. The topological polar surface area (TPSA) is 103 Å². The van der Waals surface area contributed by atoms with Crippen LogP contribution in [0.25, 0.3) is 17.1 Å². The molecule has 0 saturated carbocycles. The molecule has 0 bridgehead atoms. The zero-order chi connectivity index (χ0) is 24.4. The summed E-state index contributed by atoms with van der Waals surface area (Å²) < 4.78 is 14.1. The van der Waals surface area contributed by atoms with Gasteiger partial charge in [0, 0.05) is 51.2 Å². The third-order valence-electron chi connectivity index (χ3n) is 6.05. The molecule has 1 aliphatic heterocycles. The molecular formula is C24H26N8O3. The predicted octanol–water partition coefficient (Wildman–Crippen LogP) is 2.04. The van der Waals surface area contributed by atoms with Crippen LogP contribution in [0.1, 0.15) is 10.5 Å². The number of amides is 1. The van der Waals surface area contributed by atoms with Crippen LogP contribution in [0, 0.1) is 0 Å². The molecule has 0 atom stereocenters. The molecule has 35 heavy (non-hydrogen) atoms. The third kappa shape index (κ3) is 4.39. The van der Waals surface area contributed by atoms with Gasteiger partial charge >= 0.3 is 0 Å². The Labute approximate surface area is 202 Å². The number of hydrogen-bond acceptors (Lipinski definition) is 8. The van der Waals surface area contributed by atoms with Crippen LogP contribution in [0.2, 0.25) is 0 Å². The van der Waals surface area contributed by atoms with Crippen molar-refractivity contribution in [2.45, 2.75) is 0 Å². The molecule has 4 aromatic rings. The molecule has 0 radical (unpaired) electrons. The second-order valence-electron chi connectivity index (χ2n) is 8.08. The van der Waals surface area contributed by atoms with Gasteiger partial charge in [-0.05, 0) is 42.5 Å². The van der Waals surface area contributed by atoms with Crippen LogP contribution in [0.4, 0.5) is 5.82 Å². The van der Waals surface area contributed by atoms with Crippen molar-refractivity contribution in [3.63, 3.8) is 0 Å². The first-order valence-corrected chi connectivity index (χ1v) is 11.2. The maximum absolute atomic E-state index is 13.3. The molecule has 11 heteroatoms. The first-order valence-electron chi connectivity index (χ1n) is 11.2. The second-order valence-corrected chi connectivity index (χ2v) is 8.08.